The highest BCUT2D eigenvalue weighted by Gasteiger charge is 2.33. The highest BCUT2D eigenvalue weighted by atomic mass is 79.9. The lowest BCUT2D eigenvalue weighted by Crippen LogP contribution is -2.45. The van der Waals surface area contributed by atoms with Crippen molar-refractivity contribution in [2.45, 2.75) is 30.7 Å². The van der Waals surface area contributed by atoms with Gasteiger partial charge in [-0.05, 0) is 60.5 Å². The number of methoxy groups -OCH3 is 1. The summed E-state index contributed by atoms with van der Waals surface area (Å²) in [5.41, 5.74) is 0. The van der Waals surface area contributed by atoms with E-state index in [-0.39, 0.29) is 16.7 Å². The lowest BCUT2D eigenvalue weighted by atomic mass is 10.1. The molecule has 0 aromatic heterocycles. The molecule has 2 rings (SSSR count). The molecule has 1 aromatic rings. The van der Waals surface area contributed by atoms with Gasteiger partial charge in [-0.3, -0.25) is 0 Å². The van der Waals surface area contributed by atoms with Crippen molar-refractivity contribution in [1.82, 2.24) is 9.21 Å². The second kappa shape index (κ2) is 7.70. The fourth-order valence-corrected chi connectivity index (χ4v) is 5.66. The number of hydrogen-bond donors (Lipinski definition) is 0. The van der Waals surface area contributed by atoms with Gasteiger partial charge >= 0.3 is 0 Å². The summed E-state index contributed by atoms with van der Waals surface area (Å²) in [4.78, 5) is 2.42. The number of sulfonamides is 1. The minimum Gasteiger partial charge on any atom is -0.494 e. The molecule has 0 atom stereocenters. The van der Waals surface area contributed by atoms with Gasteiger partial charge in [0.1, 0.15) is 4.90 Å². The van der Waals surface area contributed by atoms with E-state index in [1.807, 2.05) is 0 Å². The van der Waals surface area contributed by atoms with Gasteiger partial charge in [0, 0.05) is 18.1 Å². The number of ether oxygens (including phenoxy) is 1. The average molecular weight is 426 g/mol. The van der Waals surface area contributed by atoms with Crippen LogP contribution in [-0.4, -0.2) is 57.5 Å². The average Bonchev–Trinajstić information content (AvgIpc) is 2.53. The first-order valence-electron chi connectivity index (χ1n) is 7.54. The number of halogens is 2. The van der Waals surface area contributed by atoms with Gasteiger partial charge in [0.05, 0.1) is 11.6 Å². The minimum atomic E-state index is -3.68. The van der Waals surface area contributed by atoms with Crippen LogP contribution in [0.4, 0.5) is 0 Å². The number of piperidine rings is 1. The maximum atomic E-state index is 13.0. The molecule has 0 unspecified atom stereocenters. The van der Waals surface area contributed by atoms with Crippen molar-refractivity contribution in [3.8, 4) is 5.75 Å². The second-order valence-electron chi connectivity index (χ2n) is 5.61. The fraction of sp³-hybridized carbons (Fsp3) is 0.600. The van der Waals surface area contributed by atoms with Crippen LogP contribution in [0.25, 0.3) is 0 Å². The molecule has 23 heavy (non-hydrogen) atoms. The molecule has 1 aliphatic heterocycles. The van der Waals surface area contributed by atoms with Crippen molar-refractivity contribution in [3.05, 3.63) is 21.6 Å². The molecule has 0 N–H and O–H groups in total. The maximum Gasteiger partial charge on any atom is 0.246 e. The van der Waals surface area contributed by atoms with Crippen LogP contribution >= 0.6 is 27.5 Å². The highest BCUT2D eigenvalue weighted by Crippen LogP contribution is 2.37. The summed E-state index contributed by atoms with van der Waals surface area (Å²) < 4.78 is 33.3. The first-order valence-corrected chi connectivity index (χ1v) is 10.2. The largest absolute Gasteiger partial charge is 0.494 e. The van der Waals surface area contributed by atoms with Crippen molar-refractivity contribution in [1.29, 1.82) is 0 Å². The van der Waals surface area contributed by atoms with E-state index in [9.17, 15) is 8.42 Å². The van der Waals surface area contributed by atoms with Crippen molar-refractivity contribution < 1.29 is 13.2 Å². The Labute approximate surface area is 151 Å². The molecule has 0 radical (unpaired) electrons. The van der Waals surface area contributed by atoms with Gasteiger partial charge in [-0.15, -0.1) is 0 Å². The van der Waals surface area contributed by atoms with E-state index in [2.05, 4.69) is 27.8 Å². The van der Waals surface area contributed by atoms with Gasteiger partial charge in [-0.25, -0.2) is 8.42 Å². The van der Waals surface area contributed by atoms with Crippen LogP contribution in [0.15, 0.2) is 21.5 Å². The summed E-state index contributed by atoms with van der Waals surface area (Å²) in [5, 5.41) is 0.352. The zero-order valence-electron chi connectivity index (χ0n) is 13.6. The van der Waals surface area contributed by atoms with E-state index in [0.29, 0.717) is 9.50 Å². The molecule has 0 bridgehead atoms. The summed E-state index contributed by atoms with van der Waals surface area (Å²) in [6.45, 7) is 4.95. The van der Waals surface area contributed by atoms with Gasteiger partial charge < -0.3 is 9.64 Å². The Hall–Kier alpha value is -0.340. The normalized spacial score (nSPS) is 17.7. The van der Waals surface area contributed by atoms with Crippen molar-refractivity contribution >= 4 is 37.6 Å². The third kappa shape index (κ3) is 4.02. The van der Waals surface area contributed by atoms with Gasteiger partial charge in [-0.1, -0.05) is 18.5 Å². The first kappa shape index (κ1) is 19.0. The summed E-state index contributed by atoms with van der Waals surface area (Å²) in [7, 11) is -0.589. The monoisotopic (exact) mass is 424 g/mol. The van der Waals surface area contributed by atoms with Crippen molar-refractivity contribution in [2.24, 2.45) is 0 Å². The van der Waals surface area contributed by atoms with E-state index in [4.69, 9.17) is 16.3 Å². The Balaban J connectivity index is 2.31. The van der Waals surface area contributed by atoms with E-state index in [1.54, 1.807) is 13.1 Å². The summed E-state index contributed by atoms with van der Waals surface area (Å²) in [6.07, 6.45) is 1.65. The molecule has 8 heteroatoms. The molecular weight excluding hydrogens is 404 g/mol. The molecule has 1 aromatic carbocycles. The van der Waals surface area contributed by atoms with E-state index >= 15 is 0 Å². The van der Waals surface area contributed by atoms with Crippen LogP contribution in [0.1, 0.15) is 19.8 Å². The maximum absolute atomic E-state index is 13.0. The van der Waals surface area contributed by atoms with Crippen LogP contribution in [0.3, 0.4) is 0 Å². The lowest BCUT2D eigenvalue weighted by molar-refractivity contribution is 0.176. The Kier molecular flexibility index (Phi) is 6.35. The number of benzene rings is 1. The summed E-state index contributed by atoms with van der Waals surface area (Å²) >= 11 is 9.35. The van der Waals surface area contributed by atoms with Crippen LogP contribution in [-0.2, 0) is 10.0 Å². The molecule has 130 valence electrons. The molecule has 1 heterocycles. The van der Waals surface area contributed by atoms with Crippen LogP contribution < -0.4 is 4.74 Å². The minimum absolute atomic E-state index is 0.00902. The Morgan fingerprint density at radius 1 is 1.39 bits per heavy atom. The molecule has 5 nitrogen and oxygen atoms in total. The smallest absolute Gasteiger partial charge is 0.246 e. The van der Waals surface area contributed by atoms with Crippen molar-refractivity contribution in [3.63, 3.8) is 0 Å². The summed E-state index contributed by atoms with van der Waals surface area (Å²) in [5.74, 6) is 0.284. The fourth-order valence-electron chi connectivity index (χ4n) is 2.88. The third-order valence-corrected chi connectivity index (χ3v) is 7.08. The standard InChI is InChI=1S/C15H22BrClN2O3S/c1-4-19-7-5-12(6-8-19)18(2)23(20,21)14-10-11(17)9-13(16)15(14)22-3/h9-10,12H,4-8H2,1-3H3. The zero-order chi connectivity index (χ0) is 17.2. The predicted molar refractivity (Wildman–Crippen MR) is 95.8 cm³/mol. The molecule has 1 saturated heterocycles. The Bertz CT molecular complexity index is 661. The second-order valence-corrected chi connectivity index (χ2v) is 8.86. The van der Waals surface area contributed by atoms with Gasteiger partial charge in [0.2, 0.25) is 10.0 Å². The number of rotatable bonds is 5. The Morgan fingerprint density at radius 2 is 2.00 bits per heavy atom. The van der Waals surface area contributed by atoms with Gasteiger partial charge in [0.15, 0.2) is 5.75 Å². The Morgan fingerprint density at radius 3 is 2.52 bits per heavy atom. The van der Waals surface area contributed by atoms with Crippen molar-refractivity contribution in [2.75, 3.05) is 33.8 Å². The topological polar surface area (TPSA) is 49.9 Å². The number of nitrogens with zero attached hydrogens (tertiary/aromatic N) is 2. The zero-order valence-corrected chi connectivity index (χ0v) is 16.7. The molecule has 0 amide bonds. The summed E-state index contributed by atoms with van der Waals surface area (Å²) in [6, 6.07) is 3.06. The molecule has 0 aliphatic carbocycles. The van der Waals surface area contributed by atoms with Crippen LogP contribution in [0, 0.1) is 0 Å². The van der Waals surface area contributed by atoms with Gasteiger partial charge in [0.25, 0.3) is 0 Å². The molecular formula is C15H22BrClN2O3S. The first-order chi connectivity index (χ1) is 10.8. The SMILES string of the molecule is CCN1CCC(N(C)S(=O)(=O)c2cc(Cl)cc(Br)c2OC)CC1. The molecule has 0 spiro atoms. The molecule has 1 aliphatic rings. The lowest BCUT2D eigenvalue weighted by Gasteiger charge is -2.35. The van der Waals surface area contributed by atoms with E-state index in [0.717, 1.165) is 32.5 Å². The van der Waals surface area contributed by atoms with E-state index in [1.165, 1.54) is 17.5 Å². The van der Waals surface area contributed by atoms with Crippen LogP contribution in [0.5, 0.6) is 5.75 Å². The van der Waals surface area contributed by atoms with Gasteiger partial charge in [-0.2, -0.15) is 4.31 Å². The number of likely N-dealkylation sites (tertiary alicyclic amines) is 1. The quantitative estimate of drug-likeness (QED) is 0.727. The molecule has 0 saturated carbocycles. The van der Waals surface area contributed by atoms with Crippen LogP contribution in [0.2, 0.25) is 5.02 Å². The highest BCUT2D eigenvalue weighted by molar-refractivity contribution is 9.10. The number of hydrogen-bond acceptors (Lipinski definition) is 4. The molecule has 1 fully saturated rings. The predicted octanol–water partition coefficient (Wildman–Crippen LogP) is 3.22. The third-order valence-electron chi connectivity index (χ3n) is 4.35. The van der Waals surface area contributed by atoms with E-state index < -0.39 is 10.0 Å².